The fourth-order valence-corrected chi connectivity index (χ4v) is 3.15. The molecule has 0 spiro atoms. The Bertz CT molecular complexity index is 1050. The topological polar surface area (TPSA) is 63.1 Å². The van der Waals surface area contributed by atoms with Gasteiger partial charge in [-0.15, -0.1) is 10.2 Å². The number of amides is 1. The average Bonchev–Trinajstić information content (AvgIpc) is 3.04. The van der Waals surface area contributed by atoms with Gasteiger partial charge in [0.15, 0.2) is 0 Å². The van der Waals surface area contributed by atoms with Crippen LogP contribution in [-0.4, -0.2) is 40.2 Å². The number of hydrogen-bond acceptors (Lipinski definition) is 4. The van der Waals surface area contributed by atoms with Crippen LogP contribution in [0.15, 0.2) is 30.3 Å². The van der Waals surface area contributed by atoms with E-state index in [9.17, 15) is 18.0 Å². The molecule has 3 rings (SSSR count). The molecule has 2 aromatic carbocycles. The minimum absolute atomic E-state index is 0.0560. The number of aryl methyl sites for hydroxylation is 2. The highest BCUT2D eigenvalue weighted by molar-refractivity contribution is 5.97. The molecular formula is C20H22F3N5O. The zero-order chi connectivity index (χ0) is 21.3. The third-order valence-corrected chi connectivity index (χ3v) is 4.76. The number of nitrogens with one attached hydrogen (secondary N) is 1. The van der Waals surface area contributed by atoms with E-state index < -0.39 is 12.1 Å². The minimum atomic E-state index is -4.96. The fraction of sp³-hybridized carbons (Fsp3) is 0.350. The van der Waals surface area contributed by atoms with Gasteiger partial charge in [-0.1, -0.05) is 0 Å². The van der Waals surface area contributed by atoms with Crippen LogP contribution in [0.4, 0.5) is 24.5 Å². The van der Waals surface area contributed by atoms with Crippen LogP contribution in [0.2, 0.25) is 0 Å². The molecule has 0 aliphatic carbocycles. The molecule has 0 radical (unpaired) electrons. The lowest BCUT2D eigenvalue weighted by Crippen LogP contribution is -2.30. The smallest absolute Gasteiger partial charge is 0.372 e. The molecule has 1 heterocycles. The second-order valence-corrected chi connectivity index (χ2v) is 6.74. The first-order valence-corrected chi connectivity index (χ1v) is 9.25. The van der Waals surface area contributed by atoms with Gasteiger partial charge in [0, 0.05) is 24.5 Å². The molecule has 29 heavy (non-hydrogen) atoms. The van der Waals surface area contributed by atoms with Gasteiger partial charge in [-0.2, -0.15) is 18.0 Å². The Kier molecular flexibility index (Phi) is 5.50. The fourth-order valence-electron chi connectivity index (χ4n) is 3.15. The minimum Gasteiger partial charge on any atom is -0.372 e. The molecule has 0 bridgehead atoms. The van der Waals surface area contributed by atoms with Gasteiger partial charge in [0.05, 0.1) is 5.69 Å². The molecule has 1 N–H and O–H groups in total. The maximum absolute atomic E-state index is 12.5. The molecule has 0 saturated heterocycles. The van der Waals surface area contributed by atoms with E-state index in [1.165, 1.54) is 10.9 Å². The van der Waals surface area contributed by atoms with Gasteiger partial charge in [0.2, 0.25) is 0 Å². The van der Waals surface area contributed by atoms with Gasteiger partial charge in [0.1, 0.15) is 11.0 Å². The number of fused-ring (bicyclic) bond motifs is 1. The number of halogens is 3. The van der Waals surface area contributed by atoms with E-state index in [4.69, 9.17) is 0 Å². The highest BCUT2D eigenvalue weighted by Crippen LogP contribution is 2.26. The van der Waals surface area contributed by atoms with Crippen LogP contribution in [0.1, 0.15) is 25.0 Å². The zero-order valence-corrected chi connectivity index (χ0v) is 16.6. The third kappa shape index (κ3) is 4.18. The molecule has 1 aromatic heterocycles. The summed E-state index contributed by atoms with van der Waals surface area (Å²) < 4.78 is 37.6. The van der Waals surface area contributed by atoms with Gasteiger partial charge in [0.25, 0.3) is 0 Å². The highest BCUT2D eigenvalue weighted by atomic mass is 19.4. The van der Waals surface area contributed by atoms with Crippen LogP contribution in [0.5, 0.6) is 0 Å². The van der Waals surface area contributed by atoms with Crippen molar-refractivity contribution in [1.82, 2.24) is 15.0 Å². The van der Waals surface area contributed by atoms with Gasteiger partial charge in [-0.3, -0.25) is 4.79 Å². The summed E-state index contributed by atoms with van der Waals surface area (Å²) in [6.07, 6.45) is -4.96. The van der Waals surface area contributed by atoms with Gasteiger partial charge in [-0.25, -0.2) is 0 Å². The molecule has 0 unspecified atom stereocenters. The molecule has 3 aromatic rings. The Labute approximate surface area is 166 Å². The second-order valence-electron chi connectivity index (χ2n) is 6.74. The van der Waals surface area contributed by atoms with E-state index >= 15 is 0 Å². The summed E-state index contributed by atoms with van der Waals surface area (Å²) in [4.78, 5) is 14.9. The quantitative estimate of drug-likeness (QED) is 0.684. The molecular weight excluding hydrogens is 383 g/mol. The zero-order valence-electron chi connectivity index (χ0n) is 16.6. The van der Waals surface area contributed by atoms with Crippen molar-refractivity contribution in [3.63, 3.8) is 0 Å². The summed E-state index contributed by atoms with van der Waals surface area (Å²) in [5.41, 5.74) is 4.28. The molecule has 1 amide bonds. The largest absolute Gasteiger partial charge is 0.471 e. The number of carbonyl (C=O) groups is 1. The van der Waals surface area contributed by atoms with Crippen LogP contribution < -0.4 is 10.2 Å². The van der Waals surface area contributed by atoms with Crippen molar-refractivity contribution < 1.29 is 18.0 Å². The maximum Gasteiger partial charge on any atom is 0.471 e. The number of carbonyl (C=O) groups excluding carboxylic acids is 1. The Morgan fingerprint density at radius 3 is 2.21 bits per heavy atom. The Hall–Kier alpha value is -3.10. The first-order chi connectivity index (χ1) is 13.6. The SMILES string of the molecule is CCN(CC)c1ccc(-n2nc3cc(C)c(NC(=O)C(F)(F)F)cc3n2)c(C)c1. The number of benzene rings is 2. The Morgan fingerprint density at radius 2 is 1.66 bits per heavy atom. The van der Waals surface area contributed by atoms with Crippen LogP contribution in [-0.2, 0) is 4.79 Å². The molecule has 154 valence electrons. The molecule has 0 aliphatic heterocycles. The Morgan fingerprint density at radius 1 is 1.03 bits per heavy atom. The summed E-state index contributed by atoms with van der Waals surface area (Å²) in [5, 5.41) is 10.7. The summed E-state index contributed by atoms with van der Waals surface area (Å²) in [6.45, 7) is 9.53. The van der Waals surface area contributed by atoms with E-state index in [0.717, 1.165) is 30.0 Å². The predicted octanol–water partition coefficient (Wildman–Crippen LogP) is 4.38. The van der Waals surface area contributed by atoms with Gasteiger partial charge >= 0.3 is 12.1 Å². The normalized spacial score (nSPS) is 11.7. The molecule has 0 aliphatic rings. The molecule has 0 atom stereocenters. The lowest BCUT2D eigenvalue weighted by atomic mass is 10.1. The van der Waals surface area contributed by atoms with E-state index in [1.54, 1.807) is 13.0 Å². The van der Waals surface area contributed by atoms with Crippen molar-refractivity contribution in [2.75, 3.05) is 23.3 Å². The first-order valence-electron chi connectivity index (χ1n) is 9.25. The monoisotopic (exact) mass is 405 g/mol. The molecule has 0 fully saturated rings. The van der Waals surface area contributed by atoms with Crippen molar-refractivity contribution in [2.45, 2.75) is 33.9 Å². The number of nitrogens with zero attached hydrogens (tertiary/aromatic N) is 4. The lowest BCUT2D eigenvalue weighted by molar-refractivity contribution is -0.167. The van der Waals surface area contributed by atoms with Gasteiger partial charge < -0.3 is 10.2 Å². The summed E-state index contributed by atoms with van der Waals surface area (Å²) in [6, 6.07) is 8.96. The van der Waals surface area contributed by atoms with E-state index in [2.05, 4.69) is 35.0 Å². The van der Waals surface area contributed by atoms with Crippen LogP contribution >= 0.6 is 0 Å². The van der Waals surface area contributed by atoms with E-state index in [1.807, 2.05) is 24.4 Å². The first kappa shape index (κ1) is 20.6. The third-order valence-electron chi connectivity index (χ3n) is 4.76. The lowest BCUT2D eigenvalue weighted by Gasteiger charge is -2.22. The molecule has 9 heteroatoms. The number of alkyl halides is 3. The summed E-state index contributed by atoms with van der Waals surface area (Å²) in [7, 11) is 0. The van der Waals surface area contributed by atoms with Crippen molar-refractivity contribution >= 4 is 28.3 Å². The van der Waals surface area contributed by atoms with Crippen molar-refractivity contribution in [2.24, 2.45) is 0 Å². The maximum atomic E-state index is 12.5. The Balaban J connectivity index is 1.97. The predicted molar refractivity (Wildman–Crippen MR) is 107 cm³/mol. The van der Waals surface area contributed by atoms with Crippen molar-refractivity contribution in [3.8, 4) is 5.69 Å². The van der Waals surface area contributed by atoms with Crippen LogP contribution in [0.25, 0.3) is 16.7 Å². The number of aromatic nitrogens is 3. The average molecular weight is 405 g/mol. The van der Waals surface area contributed by atoms with E-state index in [-0.39, 0.29) is 5.69 Å². The molecule has 6 nitrogen and oxygen atoms in total. The highest BCUT2D eigenvalue weighted by Gasteiger charge is 2.38. The van der Waals surface area contributed by atoms with Crippen molar-refractivity contribution in [1.29, 1.82) is 0 Å². The van der Waals surface area contributed by atoms with Crippen LogP contribution in [0.3, 0.4) is 0 Å². The number of anilines is 2. The number of rotatable bonds is 5. The summed E-state index contributed by atoms with van der Waals surface area (Å²) >= 11 is 0. The summed E-state index contributed by atoms with van der Waals surface area (Å²) in [5.74, 6) is -2.02. The standard InChI is InChI=1S/C20H22F3N5O/c1-5-27(6-2)14-7-8-18(13(4)9-14)28-25-16-10-12(3)15(11-17(16)26-28)24-19(29)20(21,22)23/h7-11H,5-6H2,1-4H3,(H,24,29). The number of hydrogen-bond donors (Lipinski definition) is 1. The van der Waals surface area contributed by atoms with E-state index in [0.29, 0.717) is 16.6 Å². The van der Waals surface area contributed by atoms with Gasteiger partial charge in [-0.05, 0) is 69.2 Å². The van der Waals surface area contributed by atoms with Crippen LogP contribution in [0, 0.1) is 13.8 Å². The molecule has 0 saturated carbocycles. The second kappa shape index (κ2) is 7.73. The van der Waals surface area contributed by atoms with Crippen molar-refractivity contribution in [3.05, 3.63) is 41.5 Å².